The van der Waals surface area contributed by atoms with Gasteiger partial charge in [0.1, 0.15) is 0 Å². The van der Waals surface area contributed by atoms with Crippen molar-refractivity contribution < 1.29 is 9.63 Å². The first-order chi connectivity index (χ1) is 10.6. The fourth-order valence-electron chi connectivity index (χ4n) is 3.05. The van der Waals surface area contributed by atoms with Gasteiger partial charge in [-0.3, -0.25) is 0 Å². The Morgan fingerprint density at radius 3 is 2.59 bits per heavy atom. The highest BCUT2D eigenvalue weighted by molar-refractivity contribution is 6.30. The zero-order valence-electron chi connectivity index (χ0n) is 12.6. The van der Waals surface area contributed by atoms with Crippen molar-refractivity contribution in [1.82, 2.24) is 15.5 Å². The zero-order chi connectivity index (χ0) is 15.6. The van der Waals surface area contributed by atoms with E-state index in [0.29, 0.717) is 23.3 Å². The minimum Gasteiger partial charge on any atom is -0.387 e. The third-order valence-corrected chi connectivity index (χ3v) is 4.55. The number of nitrogens with zero attached hydrogens (tertiary/aromatic N) is 2. The standard InChI is InChI=1S/C16H20ClN3O2/c1-11-19-15(20-22-11)16(8-2-3-9-16)18-10-14(21)12-4-6-13(17)7-5-12/h4-7,14,18,21H,2-3,8-10H2,1H3. The summed E-state index contributed by atoms with van der Waals surface area (Å²) in [6, 6.07) is 7.25. The summed E-state index contributed by atoms with van der Waals surface area (Å²) < 4.78 is 5.13. The molecule has 118 valence electrons. The van der Waals surface area contributed by atoms with E-state index in [4.69, 9.17) is 16.1 Å². The molecule has 0 spiro atoms. The highest BCUT2D eigenvalue weighted by Crippen LogP contribution is 2.37. The molecule has 0 radical (unpaired) electrons. The van der Waals surface area contributed by atoms with Crippen LogP contribution < -0.4 is 5.32 Å². The van der Waals surface area contributed by atoms with Crippen molar-refractivity contribution in [3.8, 4) is 0 Å². The summed E-state index contributed by atoms with van der Waals surface area (Å²) in [6.45, 7) is 2.23. The van der Waals surface area contributed by atoms with E-state index in [1.807, 2.05) is 12.1 Å². The Balaban J connectivity index is 1.71. The summed E-state index contributed by atoms with van der Waals surface area (Å²) in [5.41, 5.74) is 0.555. The largest absolute Gasteiger partial charge is 0.387 e. The predicted molar refractivity (Wildman–Crippen MR) is 83.6 cm³/mol. The molecular weight excluding hydrogens is 302 g/mol. The minimum atomic E-state index is -0.595. The lowest BCUT2D eigenvalue weighted by atomic mass is 9.95. The van der Waals surface area contributed by atoms with Crippen molar-refractivity contribution in [3.63, 3.8) is 0 Å². The molecule has 1 fully saturated rings. The van der Waals surface area contributed by atoms with Crippen molar-refractivity contribution in [2.45, 2.75) is 44.2 Å². The van der Waals surface area contributed by atoms with E-state index in [9.17, 15) is 5.11 Å². The van der Waals surface area contributed by atoms with Crippen molar-refractivity contribution in [2.24, 2.45) is 0 Å². The van der Waals surface area contributed by atoms with Crippen molar-refractivity contribution in [3.05, 3.63) is 46.6 Å². The normalized spacial score (nSPS) is 18.5. The van der Waals surface area contributed by atoms with Crippen LogP contribution in [0.3, 0.4) is 0 Å². The lowest BCUT2D eigenvalue weighted by Gasteiger charge is -2.28. The average molecular weight is 322 g/mol. The molecule has 1 atom stereocenters. The van der Waals surface area contributed by atoms with Gasteiger partial charge in [-0.2, -0.15) is 4.98 Å². The monoisotopic (exact) mass is 321 g/mol. The minimum absolute atomic E-state index is 0.287. The lowest BCUT2D eigenvalue weighted by Crippen LogP contribution is -2.43. The van der Waals surface area contributed by atoms with Gasteiger partial charge in [-0.05, 0) is 30.5 Å². The molecule has 5 nitrogen and oxygen atoms in total. The summed E-state index contributed by atoms with van der Waals surface area (Å²) >= 11 is 5.88. The number of benzene rings is 1. The molecule has 22 heavy (non-hydrogen) atoms. The number of nitrogens with one attached hydrogen (secondary N) is 1. The molecule has 1 aromatic carbocycles. The molecule has 6 heteroatoms. The fraction of sp³-hybridized carbons (Fsp3) is 0.500. The average Bonchev–Trinajstić information content (AvgIpc) is 3.15. The first-order valence-corrected chi connectivity index (χ1v) is 7.96. The Morgan fingerprint density at radius 1 is 1.32 bits per heavy atom. The fourth-order valence-corrected chi connectivity index (χ4v) is 3.17. The van der Waals surface area contributed by atoms with Crippen molar-refractivity contribution in [1.29, 1.82) is 0 Å². The van der Waals surface area contributed by atoms with Crippen LogP contribution in [0.4, 0.5) is 0 Å². The van der Waals surface area contributed by atoms with Gasteiger partial charge in [0, 0.05) is 18.5 Å². The molecule has 2 N–H and O–H groups in total. The summed E-state index contributed by atoms with van der Waals surface area (Å²) in [5, 5.41) is 18.6. The molecule has 0 bridgehead atoms. The van der Waals surface area contributed by atoms with Crippen LogP contribution in [0.25, 0.3) is 0 Å². The van der Waals surface area contributed by atoms with Gasteiger partial charge in [0.2, 0.25) is 5.89 Å². The van der Waals surface area contributed by atoms with E-state index in [1.165, 1.54) is 0 Å². The molecule has 1 aliphatic rings. The molecule has 1 aliphatic carbocycles. The molecular formula is C16H20ClN3O2. The Kier molecular flexibility index (Phi) is 4.47. The van der Waals surface area contributed by atoms with Crippen LogP contribution in [0.15, 0.2) is 28.8 Å². The number of aromatic nitrogens is 2. The van der Waals surface area contributed by atoms with Crippen LogP contribution in [0.2, 0.25) is 5.02 Å². The first kappa shape index (κ1) is 15.5. The second-order valence-corrected chi connectivity index (χ2v) is 6.31. The van der Waals surface area contributed by atoms with Crippen LogP contribution in [-0.4, -0.2) is 21.8 Å². The van der Waals surface area contributed by atoms with Gasteiger partial charge in [-0.25, -0.2) is 0 Å². The quantitative estimate of drug-likeness (QED) is 0.885. The second-order valence-electron chi connectivity index (χ2n) is 5.87. The number of halogens is 1. The van der Waals surface area contributed by atoms with Gasteiger partial charge in [-0.15, -0.1) is 0 Å². The van der Waals surface area contributed by atoms with Crippen LogP contribution in [-0.2, 0) is 5.54 Å². The van der Waals surface area contributed by atoms with Gasteiger partial charge in [0.15, 0.2) is 5.82 Å². The lowest BCUT2D eigenvalue weighted by molar-refractivity contribution is 0.152. The Morgan fingerprint density at radius 2 is 2.00 bits per heavy atom. The predicted octanol–water partition coefficient (Wildman–Crippen LogP) is 3.12. The second kappa shape index (κ2) is 6.36. The van der Waals surface area contributed by atoms with Gasteiger partial charge >= 0.3 is 0 Å². The molecule has 1 saturated carbocycles. The molecule has 2 aromatic rings. The molecule has 3 rings (SSSR count). The topological polar surface area (TPSA) is 71.2 Å². The van der Waals surface area contributed by atoms with E-state index >= 15 is 0 Å². The Hall–Kier alpha value is -1.43. The third-order valence-electron chi connectivity index (χ3n) is 4.30. The number of rotatable bonds is 5. The molecule has 1 aromatic heterocycles. The van der Waals surface area contributed by atoms with Crippen LogP contribution in [0.5, 0.6) is 0 Å². The Labute approximate surface area is 134 Å². The molecule has 1 unspecified atom stereocenters. The van der Waals surface area contributed by atoms with Crippen LogP contribution in [0, 0.1) is 6.92 Å². The first-order valence-electron chi connectivity index (χ1n) is 7.58. The van der Waals surface area contributed by atoms with Gasteiger partial charge < -0.3 is 14.9 Å². The van der Waals surface area contributed by atoms with Crippen LogP contribution >= 0.6 is 11.6 Å². The zero-order valence-corrected chi connectivity index (χ0v) is 13.3. The molecule has 0 amide bonds. The third kappa shape index (κ3) is 3.16. The number of aliphatic hydroxyl groups excluding tert-OH is 1. The maximum Gasteiger partial charge on any atom is 0.223 e. The summed E-state index contributed by atoms with van der Waals surface area (Å²) in [5.74, 6) is 1.27. The highest BCUT2D eigenvalue weighted by Gasteiger charge is 2.39. The van der Waals surface area contributed by atoms with Gasteiger partial charge in [0.25, 0.3) is 0 Å². The Bertz CT molecular complexity index is 621. The van der Waals surface area contributed by atoms with E-state index in [2.05, 4.69) is 15.5 Å². The number of aryl methyl sites for hydroxylation is 1. The van der Waals surface area contributed by atoms with Gasteiger partial charge in [0.05, 0.1) is 11.6 Å². The van der Waals surface area contributed by atoms with E-state index in [1.54, 1.807) is 19.1 Å². The number of hydrogen-bond acceptors (Lipinski definition) is 5. The number of aliphatic hydroxyl groups is 1. The van der Waals surface area contributed by atoms with Gasteiger partial charge in [-0.1, -0.05) is 41.7 Å². The van der Waals surface area contributed by atoms with Crippen molar-refractivity contribution >= 4 is 11.6 Å². The maximum atomic E-state index is 10.4. The maximum absolute atomic E-state index is 10.4. The van der Waals surface area contributed by atoms with E-state index < -0.39 is 6.10 Å². The van der Waals surface area contributed by atoms with Crippen molar-refractivity contribution in [2.75, 3.05) is 6.54 Å². The smallest absolute Gasteiger partial charge is 0.223 e. The highest BCUT2D eigenvalue weighted by atomic mass is 35.5. The van der Waals surface area contributed by atoms with Crippen LogP contribution in [0.1, 0.15) is 49.1 Å². The van der Waals surface area contributed by atoms with E-state index in [-0.39, 0.29) is 5.54 Å². The summed E-state index contributed by atoms with van der Waals surface area (Å²) in [7, 11) is 0. The number of hydrogen-bond donors (Lipinski definition) is 2. The SMILES string of the molecule is Cc1nc(C2(NCC(O)c3ccc(Cl)cc3)CCCC2)no1. The summed E-state index contributed by atoms with van der Waals surface area (Å²) in [6.07, 6.45) is 3.57. The van der Waals surface area contributed by atoms with E-state index in [0.717, 1.165) is 31.2 Å². The molecule has 1 heterocycles. The molecule has 0 saturated heterocycles. The summed E-state index contributed by atoms with van der Waals surface area (Å²) in [4.78, 5) is 4.39. The molecule has 0 aliphatic heterocycles.